The van der Waals surface area contributed by atoms with Crippen molar-refractivity contribution in [1.29, 1.82) is 0 Å². The van der Waals surface area contributed by atoms with Gasteiger partial charge in [0.2, 0.25) is 11.8 Å². The average molecular weight is 246 g/mol. The molecule has 1 saturated heterocycles. The van der Waals surface area contributed by atoms with Gasteiger partial charge in [-0.25, -0.2) is 0 Å². The summed E-state index contributed by atoms with van der Waals surface area (Å²) in [6, 6.07) is 9.08. The van der Waals surface area contributed by atoms with E-state index in [1.807, 2.05) is 44.2 Å². The van der Waals surface area contributed by atoms with E-state index >= 15 is 0 Å². The highest BCUT2D eigenvalue weighted by Gasteiger charge is 2.48. The molecule has 18 heavy (non-hydrogen) atoms. The summed E-state index contributed by atoms with van der Waals surface area (Å²) in [5.41, 5.74) is 6.07. The lowest BCUT2D eigenvalue weighted by Gasteiger charge is -2.47. The highest BCUT2D eigenvalue weighted by atomic mass is 16.2. The van der Waals surface area contributed by atoms with Crippen molar-refractivity contribution in [2.45, 2.75) is 26.3 Å². The lowest BCUT2D eigenvalue weighted by atomic mass is 9.81. The first-order valence-electron chi connectivity index (χ1n) is 6.06. The highest BCUT2D eigenvalue weighted by molar-refractivity contribution is 5.93. The molecule has 1 aromatic carbocycles. The number of likely N-dealkylation sites (tertiary alicyclic amines) is 1. The minimum Gasteiger partial charge on any atom is -0.368 e. The van der Waals surface area contributed by atoms with Crippen molar-refractivity contribution in [2.75, 3.05) is 6.54 Å². The number of amides is 2. The normalized spacial score (nSPS) is 19.2. The number of carbonyl (C=O) groups is 2. The van der Waals surface area contributed by atoms with Gasteiger partial charge in [0.15, 0.2) is 0 Å². The molecule has 1 aliphatic rings. The maximum Gasteiger partial charge on any atom is 0.240 e. The molecule has 2 N–H and O–H groups in total. The predicted octanol–water partition coefficient (Wildman–Crippen LogP) is 0.951. The Kier molecular flexibility index (Phi) is 3.11. The van der Waals surface area contributed by atoms with Crippen molar-refractivity contribution in [1.82, 2.24) is 4.90 Å². The summed E-state index contributed by atoms with van der Waals surface area (Å²) in [5.74, 6) is -0.440. The second-order valence-electron chi connectivity index (χ2n) is 5.42. The Morgan fingerprint density at radius 2 is 2.00 bits per heavy atom. The first kappa shape index (κ1) is 12.6. The molecular formula is C14H18N2O2. The summed E-state index contributed by atoms with van der Waals surface area (Å²) < 4.78 is 0. The molecule has 1 heterocycles. The van der Waals surface area contributed by atoms with E-state index in [0.29, 0.717) is 13.0 Å². The van der Waals surface area contributed by atoms with Gasteiger partial charge in [0.25, 0.3) is 0 Å². The van der Waals surface area contributed by atoms with Gasteiger partial charge in [-0.2, -0.15) is 0 Å². The first-order chi connectivity index (χ1) is 8.42. The molecule has 1 atom stereocenters. The second kappa shape index (κ2) is 4.44. The molecule has 1 aliphatic heterocycles. The third-order valence-corrected chi connectivity index (χ3v) is 3.38. The van der Waals surface area contributed by atoms with Crippen LogP contribution in [0.1, 0.15) is 19.4 Å². The van der Waals surface area contributed by atoms with E-state index < -0.39 is 11.9 Å². The summed E-state index contributed by atoms with van der Waals surface area (Å²) in [6.07, 6.45) is 0.484. The molecule has 2 amide bonds. The SMILES string of the molecule is CC1(C)CN([C@H](Cc2ccccc2)C(N)=O)C1=O. The zero-order chi connectivity index (χ0) is 13.3. The van der Waals surface area contributed by atoms with E-state index in [1.54, 1.807) is 4.90 Å². The standard InChI is InChI=1S/C14H18N2O2/c1-14(2)9-16(13(14)18)11(12(15)17)8-10-6-4-3-5-7-10/h3-7,11H,8-9H2,1-2H3,(H2,15,17)/t11-/m1/s1. The van der Waals surface area contributed by atoms with Gasteiger partial charge in [-0.15, -0.1) is 0 Å². The summed E-state index contributed by atoms with van der Waals surface area (Å²) in [6.45, 7) is 4.35. The molecule has 0 unspecified atom stereocenters. The molecule has 1 fully saturated rings. The Morgan fingerprint density at radius 3 is 2.44 bits per heavy atom. The highest BCUT2D eigenvalue weighted by Crippen LogP contribution is 2.33. The van der Waals surface area contributed by atoms with Crippen molar-refractivity contribution < 1.29 is 9.59 Å². The minimum absolute atomic E-state index is 0.00207. The first-order valence-corrected chi connectivity index (χ1v) is 6.06. The maximum absolute atomic E-state index is 11.9. The molecule has 0 radical (unpaired) electrons. The Hall–Kier alpha value is -1.84. The van der Waals surface area contributed by atoms with Gasteiger partial charge in [0.05, 0.1) is 5.41 Å². The van der Waals surface area contributed by atoms with Gasteiger partial charge in [0.1, 0.15) is 6.04 Å². The van der Waals surface area contributed by atoms with E-state index in [-0.39, 0.29) is 11.3 Å². The van der Waals surface area contributed by atoms with Crippen molar-refractivity contribution >= 4 is 11.8 Å². The van der Waals surface area contributed by atoms with Crippen molar-refractivity contribution in [2.24, 2.45) is 11.1 Å². The Balaban J connectivity index is 2.12. The topological polar surface area (TPSA) is 63.4 Å². The number of nitrogens with zero attached hydrogens (tertiary/aromatic N) is 1. The van der Waals surface area contributed by atoms with Crippen molar-refractivity contribution in [3.63, 3.8) is 0 Å². The van der Waals surface area contributed by atoms with Crippen LogP contribution >= 0.6 is 0 Å². The molecule has 1 aromatic rings. The number of nitrogens with two attached hydrogens (primary N) is 1. The zero-order valence-corrected chi connectivity index (χ0v) is 10.7. The summed E-state index contributed by atoms with van der Waals surface area (Å²) in [5, 5.41) is 0. The summed E-state index contributed by atoms with van der Waals surface area (Å²) in [7, 11) is 0. The van der Waals surface area contributed by atoms with Gasteiger partial charge in [-0.1, -0.05) is 30.3 Å². The Morgan fingerprint density at radius 1 is 1.39 bits per heavy atom. The molecule has 0 bridgehead atoms. The number of hydrogen-bond donors (Lipinski definition) is 1. The van der Waals surface area contributed by atoms with E-state index in [1.165, 1.54) is 0 Å². The smallest absolute Gasteiger partial charge is 0.240 e. The van der Waals surface area contributed by atoms with Crippen LogP contribution in [0.4, 0.5) is 0 Å². The minimum atomic E-state index is -0.534. The van der Waals surface area contributed by atoms with Crippen molar-refractivity contribution in [3.8, 4) is 0 Å². The van der Waals surface area contributed by atoms with Crippen LogP contribution in [0, 0.1) is 5.41 Å². The molecule has 96 valence electrons. The van der Waals surface area contributed by atoms with Crippen LogP contribution in [0.5, 0.6) is 0 Å². The van der Waals surface area contributed by atoms with E-state index in [4.69, 9.17) is 5.73 Å². The molecule has 0 aliphatic carbocycles. The van der Waals surface area contributed by atoms with Gasteiger partial charge in [-0.3, -0.25) is 9.59 Å². The number of β-lactam (4-membered cyclic amide) rings is 1. The van der Waals surface area contributed by atoms with Crippen LogP contribution < -0.4 is 5.73 Å². The predicted molar refractivity (Wildman–Crippen MR) is 68.6 cm³/mol. The lowest BCUT2D eigenvalue weighted by molar-refractivity contribution is -0.163. The average Bonchev–Trinajstić information content (AvgIpc) is 2.34. The van der Waals surface area contributed by atoms with Crippen LogP contribution in [0.15, 0.2) is 30.3 Å². The molecule has 0 saturated carbocycles. The van der Waals surface area contributed by atoms with E-state index in [9.17, 15) is 9.59 Å². The lowest BCUT2D eigenvalue weighted by Crippen LogP contribution is -2.65. The number of benzene rings is 1. The monoisotopic (exact) mass is 246 g/mol. The fourth-order valence-electron chi connectivity index (χ4n) is 2.32. The van der Waals surface area contributed by atoms with Gasteiger partial charge < -0.3 is 10.6 Å². The number of hydrogen-bond acceptors (Lipinski definition) is 2. The quantitative estimate of drug-likeness (QED) is 0.804. The van der Waals surface area contributed by atoms with Crippen LogP contribution in [0.2, 0.25) is 0 Å². The molecule has 0 spiro atoms. The maximum atomic E-state index is 11.9. The molecule has 4 nitrogen and oxygen atoms in total. The van der Waals surface area contributed by atoms with E-state index in [2.05, 4.69) is 0 Å². The van der Waals surface area contributed by atoms with Crippen LogP contribution in [-0.4, -0.2) is 29.3 Å². The van der Waals surface area contributed by atoms with Gasteiger partial charge in [0, 0.05) is 13.0 Å². The molecule has 4 heteroatoms. The molecule has 0 aromatic heterocycles. The Bertz CT molecular complexity index is 468. The van der Waals surface area contributed by atoms with Crippen LogP contribution in [-0.2, 0) is 16.0 Å². The Labute approximate surface area is 107 Å². The van der Waals surface area contributed by atoms with Crippen molar-refractivity contribution in [3.05, 3.63) is 35.9 Å². The fraction of sp³-hybridized carbons (Fsp3) is 0.429. The zero-order valence-electron chi connectivity index (χ0n) is 10.7. The van der Waals surface area contributed by atoms with Gasteiger partial charge in [-0.05, 0) is 19.4 Å². The summed E-state index contributed by atoms with van der Waals surface area (Å²) >= 11 is 0. The van der Waals surface area contributed by atoms with Crippen LogP contribution in [0.25, 0.3) is 0 Å². The fourth-order valence-corrected chi connectivity index (χ4v) is 2.32. The molecule has 2 rings (SSSR count). The third kappa shape index (κ3) is 2.23. The van der Waals surface area contributed by atoms with Gasteiger partial charge >= 0.3 is 0 Å². The number of carbonyl (C=O) groups excluding carboxylic acids is 2. The summed E-state index contributed by atoms with van der Waals surface area (Å²) in [4.78, 5) is 25.0. The number of primary amides is 1. The van der Waals surface area contributed by atoms with Crippen LogP contribution in [0.3, 0.4) is 0 Å². The third-order valence-electron chi connectivity index (χ3n) is 3.38. The second-order valence-corrected chi connectivity index (χ2v) is 5.42. The largest absolute Gasteiger partial charge is 0.368 e. The van der Waals surface area contributed by atoms with E-state index in [0.717, 1.165) is 5.56 Å². The molecular weight excluding hydrogens is 228 g/mol. The number of rotatable bonds is 4.